The Labute approximate surface area is 132 Å². The predicted molar refractivity (Wildman–Crippen MR) is 89.7 cm³/mol. The summed E-state index contributed by atoms with van der Waals surface area (Å²) in [5, 5.41) is 0. The number of rotatable bonds is 2. The van der Waals surface area contributed by atoms with Crippen LogP contribution < -0.4 is 4.74 Å². The lowest BCUT2D eigenvalue weighted by molar-refractivity contribution is 0.265. The van der Waals surface area contributed by atoms with Crippen LogP contribution in [0, 0.1) is 0 Å². The highest BCUT2D eigenvalue weighted by atomic mass is 16.5. The Morgan fingerprint density at radius 1 is 1.00 bits per heavy atom. The Bertz CT molecular complexity index is 664. The van der Waals surface area contributed by atoms with Crippen LogP contribution in [-0.4, -0.2) is 31.6 Å². The average molecular weight is 293 g/mol. The van der Waals surface area contributed by atoms with Crippen LogP contribution in [0.1, 0.15) is 41.4 Å². The SMILES string of the molecule is COc1ccc(C2CC3C(CCN3C)c3ccccc32)cc1. The molecule has 0 amide bonds. The highest BCUT2D eigenvalue weighted by Gasteiger charge is 2.40. The van der Waals surface area contributed by atoms with Gasteiger partial charge in [0.05, 0.1) is 7.11 Å². The van der Waals surface area contributed by atoms with Gasteiger partial charge in [-0.05, 0) is 55.3 Å². The van der Waals surface area contributed by atoms with Crippen molar-refractivity contribution in [2.24, 2.45) is 0 Å². The van der Waals surface area contributed by atoms with Crippen LogP contribution in [0.3, 0.4) is 0 Å². The van der Waals surface area contributed by atoms with Gasteiger partial charge in [0.2, 0.25) is 0 Å². The Morgan fingerprint density at radius 3 is 2.45 bits per heavy atom. The second kappa shape index (κ2) is 5.44. The molecule has 2 aromatic rings. The first-order valence-corrected chi connectivity index (χ1v) is 8.21. The monoisotopic (exact) mass is 293 g/mol. The highest BCUT2D eigenvalue weighted by molar-refractivity contribution is 5.45. The minimum absolute atomic E-state index is 0.504. The van der Waals surface area contributed by atoms with Crippen LogP contribution in [0.15, 0.2) is 48.5 Å². The lowest BCUT2D eigenvalue weighted by Crippen LogP contribution is -2.34. The summed E-state index contributed by atoms with van der Waals surface area (Å²) < 4.78 is 5.30. The minimum Gasteiger partial charge on any atom is -0.497 e. The molecule has 2 aliphatic rings. The molecule has 0 radical (unpaired) electrons. The molecular weight excluding hydrogens is 270 g/mol. The molecule has 0 spiro atoms. The van der Waals surface area contributed by atoms with E-state index in [9.17, 15) is 0 Å². The van der Waals surface area contributed by atoms with Gasteiger partial charge < -0.3 is 9.64 Å². The zero-order chi connectivity index (χ0) is 15.1. The third-order valence-electron chi connectivity index (χ3n) is 5.59. The summed E-state index contributed by atoms with van der Waals surface area (Å²) in [5.41, 5.74) is 4.51. The number of likely N-dealkylation sites (N-methyl/N-ethyl adjacent to an activating group) is 1. The van der Waals surface area contributed by atoms with Crippen molar-refractivity contribution in [2.75, 3.05) is 20.7 Å². The van der Waals surface area contributed by atoms with E-state index in [4.69, 9.17) is 4.74 Å². The number of hydrogen-bond acceptors (Lipinski definition) is 2. The number of benzene rings is 2. The third kappa shape index (κ3) is 2.14. The molecule has 3 atom stereocenters. The summed E-state index contributed by atoms with van der Waals surface area (Å²) >= 11 is 0. The van der Waals surface area contributed by atoms with E-state index in [0.29, 0.717) is 12.0 Å². The standard InChI is InChI=1S/C20H23NO/c1-21-12-11-18-16-5-3-4-6-17(16)19(13-20(18)21)14-7-9-15(22-2)10-8-14/h3-10,18-20H,11-13H2,1-2H3. The Hall–Kier alpha value is -1.80. The van der Waals surface area contributed by atoms with Crippen LogP contribution in [0.4, 0.5) is 0 Å². The van der Waals surface area contributed by atoms with E-state index in [1.807, 2.05) is 0 Å². The molecule has 1 saturated heterocycles. The first-order chi connectivity index (χ1) is 10.8. The largest absolute Gasteiger partial charge is 0.497 e. The second-order valence-electron chi connectivity index (χ2n) is 6.63. The van der Waals surface area contributed by atoms with E-state index in [1.165, 1.54) is 30.5 Å². The molecule has 114 valence electrons. The predicted octanol–water partition coefficient (Wildman–Crippen LogP) is 4.02. The van der Waals surface area contributed by atoms with Gasteiger partial charge in [0.1, 0.15) is 5.75 Å². The smallest absolute Gasteiger partial charge is 0.118 e. The van der Waals surface area contributed by atoms with Crippen molar-refractivity contribution in [1.29, 1.82) is 0 Å². The molecule has 0 bridgehead atoms. The molecule has 2 heteroatoms. The van der Waals surface area contributed by atoms with Crippen molar-refractivity contribution in [2.45, 2.75) is 30.7 Å². The quantitative estimate of drug-likeness (QED) is 0.829. The number of hydrogen-bond donors (Lipinski definition) is 0. The van der Waals surface area contributed by atoms with E-state index in [0.717, 1.165) is 11.7 Å². The molecule has 1 aliphatic heterocycles. The number of nitrogens with zero attached hydrogens (tertiary/aromatic N) is 1. The Kier molecular flexibility index (Phi) is 3.42. The molecule has 2 aromatic carbocycles. The minimum atomic E-state index is 0.504. The topological polar surface area (TPSA) is 12.5 Å². The van der Waals surface area contributed by atoms with E-state index < -0.39 is 0 Å². The van der Waals surface area contributed by atoms with Gasteiger partial charge in [-0.15, -0.1) is 0 Å². The normalized spacial score (nSPS) is 27.3. The molecule has 3 unspecified atom stereocenters. The van der Waals surface area contributed by atoms with Crippen molar-refractivity contribution >= 4 is 0 Å². The Balaban J connectivity index is 1.77. The molecule has 1 aliphatic carbocycles. The average Bonchev–Trinajstić information content (AvgIpc) is 2.96. The summed E-state index contributed by atoms with van der Waals surface area (Å²) in [6, 6.07) is 18.4. The van der Waals surface area contributed by atoms with Crippen LogP contribution in [-0.2, 0) is 0 Å². The summed E-state index contributed by atoms with van der Waals surface area (Å²) in [7, 11) is 4.01. The maximum absolute atomic E-state index is 5.30. The van der Waals surface area contributed by atoms with Crippen molar-refractivity contribution in [3.05, 3.63) is 65.2 Å². The van der Waals surface area contributed by atoms with Crippen molar-refractivity contribution in [1.82, 2.24) is 4.90 Å². The molecular formula is C20H23NO. The van der Waals surface area contributed by atoms with Gasteiger partial charge in [0.15, 0.2) is 0 Å². The van der Waals surface area contributed by atoms with Gasteiger partial charge in [-0.25, -0.2) is 0 Å². The number of likely N-dealkylation sites (tertiary alicyclic amines) is 1. The molecule has 0 N–H and O–H groups in total. The zero-order valence-electron chi connectivity index (χ0n) is 13.3. The molecule has 0 aromatic heterocycles. The van der Waals surface area contributed by atoms with E-state index in [1.54, 1.807) is 12.7 Å². The van der Waals surface area contributed by atoms with Crippen LogP contribution in [0.2, 0.25) is 0 Å². The van der Waals surface area contributed by atoms with Gasteiger partial charge in [0.25, 0.3) is 0 Å². The van der Waals surface area contributed by atoms with Gasteiger partial charge in [0, 0.05) is 17.9 Å². The van der Waals surface area contributed by atoms with Crippen LogP contribution in [0.25, 0.3) is 0 Å². The van der Waals surface area contributed by atoms with Gasteiger partial charge in [-0.1, -0.05) is 36.4 Å². The third-order valence-corrected chi connectivity index (χ3v) is 5.59. The fraction of sp³-hybridized carbons (Fsp3) is 0.400. The first-order valence-electron chi connectivity index (χ1n) is 8.21. The Morgan fingerprint density at radius 2 is 1.73 bits per heavy atom. The maximum atomic E-state index is 5.30. The molecule has 0 saturated carbocycles. The van der Waals surface area contributed by atoms with Crippen LogP contribution >= 0.6 is 0 Å². The second-order valence-corrected chi connectivity index (χ2v) is 6.63. The lowest BCUT2D eigenvalue weighted by Gasteiger charge is -2.37. The van der Waals surface area contributed by atoms with Crippen molar-refractivity contribution < 1.29 is 4.74 Å². The summed E-state index contributed by atoms with van der Waals surface area (Å²) in [4.78, 5) is 2.55. The zero-order valence-corrected chi connectivity index (χ0v) is 13.3. The lowest BCUT2D eigenvalue weighted by atomic mass is 9.71. The fourth-order valence-electron chi connectivity index (χ4n) is 4.40. The number of fused-ring (bicyclic) bond motifs is 3. The van der Waals surface area contributed by atoms with Crippen LogP contribution in [0.5, 0.6) is 5.75 Å². The van der Waals surface area contributed by atoms with E-state index in [2.05, 4.69) is 60.5 Å². The van der Waals surface area contributed by atoms with E-state index in [-0.39, 0.29) is 0 Å². The molecule has 2 nitrogen and oxygen atoms in total. The summed E-state index contributed by atoms with van der Waals surface area (Å²) in [6.07, 6.45) is 2.53. The first kappa shape index (κ1) is 13.8. The van der Waals surface area contributed by atoms with Crippen molar-refractivity contribution in [3.8, 4) is 5.75 Å². The molecule has 1 heterocycles. The molecule has 4 rings (SSSR count). The maximum Gasteiger partial charge on any atom is 0.118 e. The number of ether oxygens (including phenoxy) is 1. The number of methoxy groups -OCH3 is 1. The van der Waals surface area contributed by atoms with Crippen molar-refractivity contribution in [3.63, 3.8) is 0 Å². The molecule has 22 heavy (non-hydrogen) atoms. The van der Waals surface area contributed by atoms with Gasteiger partial charge in [-0.3, -0.25) is 0 Å². The fourth-order valence-corrected chi connectivity index (χ4v) is 4.40. The van der Waals surface area contributed by atoms with Gasteiger partial charge in [-0.2, -0.15) is 0 Å². The summed E-state index contributed by atoms with van der Waals surface area (Å²) in [5.74, 6) is 2.16. The highest BCUT2D eigenvalue weighted by Crippen LogP contribution is 2.47. The van der Waals surface area contributed by atoms with Gasteiger partial charge >= 0.3 is 0 Å². The van der Waals surface area contributed by atoms with E-state index >= 15 is 0 Å². The summed E-state index contributed by atoms with van der Waals surface area (Å²) in [6.45, 7) is 1.22. The molecule has 1 fully saturated rings.